The van der Waals surface area contributed by atoms with Crippen molar-refractivity contribution in [1.29, 1.82) is 0 Å². The van der Waals surface area contributed by atoms with Crippen LogP contribution in [0.15, 0.2) is 12.3 Å². The summed E-state index contributed by atoms with van der Waals surface area (Å²) in [5, 5.41) is 0. The average molecular weight is 196 g/mol. The van der Waals surface area contributed by atoms with Gasteiger partial charge in [0.25, 0.3) is 0 Å². The fourth-order valence-electron chi connectivity index (χ4n) is 1.76. The van der Waals surface area contributed by atoms with E-state index in [1.807, 2.05) is 0 Å². The lowest BCUT2D eigenvalue weighted by molar-refractivity contribution is 0.166. The van der Waals surface area contributed by atoms with Gasteiger partial charge >= 0.3 is 0 Å². The van der Waals surface area contributed by atoms with Crippen LogP contribution < -0.4 is 0 Å². The minimum Gasteiger partial charge on any atom is -0.365 e. The van der Waals surface area contributed by atoms with Gasteiger partial charge in [0.1, 0.15) is 0 Å². The van der Waals surface area contributed by atoms with Crippen LogP contribution in [0.25, 0.3) is 0 Å². The molecule has 14 heavy (non-hydrogen) atoms. The molecule has 0 saturated heterocycles. The summed E-state index contributed by atoms with van der Waals surface area (Å²) in [5.41, 5.74) is 0. The molecule has 0 aliphatic carbocycles. The fraction of sp³-hybridized carbons (Fsp3) is 0.833. The summed E-state index contributed by atoms with van der Waals surface area (Å²) in [6.07, 6.45) is 9.78. The van der Waals surface area contributed by atoms with E-state index >= 15 is 0 Å². The van der Waals surface area contributed by atoms with E-state index in [9.17, 15) is 0 Å². The lowest BCUT2D eigenvalue weighted by Gasteiger charge is -2.32. The second kappa shape index (κ2) is 6.88. The second-order valence-electron chi connectivity index (χ2n) is 4.12. The summed E-state index contributed by atoms with van der Waals surface area (Å²) in [5.74, 6) is 0. The maximum Gasteiger partial charge on any atom is 0.0704 e. The quantitative estimate of drug-likeness (QED) is 0.644. The molecule has 0 N–H and O–H groups in total. The molecule has 1 rings (SSSR count). The van der Waals surface area contributed by atoms with Crippen LogP contribution in [-0.2, 0) is 0 Å². The van der Waals surface area contributed by atoms with E-state index in [1.165, 1.54) is 38.8 Å². The van der Waals surface area contributed by atoms with Crippen LogP contribution in [0.1, 0.15) is 39.5 Å². The molecule has 0 aromatic heterocycles. The summed E-state index contributed by atoms with van der Waals surface area (Å²) in [6.45, 7) is 9.26. The zero-order valence-corrected chi connectivity index (χ0v) is 9.71. The molecule has 1 aliphatic heterocycles. The van der Waals surface area contributed by atoms with Gasteiger partial charge in [-0.05, 0) is 19.0 Å². The van der Waals surface area contributed by atoms with Crippen molar-refractivity contribution in [2.45, 2.75) is 39.5 Å². The average Bonchev–Trinajstić information content (AvgIpc) is 2.24. The lowest BCUT2D eigenvalue weighted by atomic mass is 10.3. The van der Waals surface area contributed by atoms with Crippen LogP contribution in [0, 0.1) is 0 Å². The second-order valence-corrected chi connectivity index (χ2v) is 4.12. The topological polar surface area (TPSA) is 6.48 Å². The highest BCUT2D eigenvalue weighted by Crippen LogP contribution is 2.06. The molecule has 0 amide bonds. The number of hydrogen-bond donors (Lipinski definition) is 0. The van der Waals surface area contributed by atoms with Crippen molar-refractivity contribution < 1.29 is 0 Å². The summed E-state index contributed by atoms with van der Waals surface area (Å²) < 4.78 is 0. The number of hydrogen-bond acceptors (Lipinski definition) is 2. The minimum atomic E-state index is 1.14. The van der Waals surface area contributed by atoms with Crippen molar-refractivity contribution in [3.8, 4) is 0 Å². The third kappa shape index (κ3) is 4.14. The van der Waals surface area contributed by atoms with Gasteiger partial charge in [-0.1, -0.05) is 32.8 Å². The Hall–Kier alpha value is -0.500. The summed E-state index contributed by atoms with van der Waals surface area (Å²) in [4.78, 5) is 4.96. The number of rotatable bonds is 6. The van der Waals surface area contributed by atoms with E-state index in [4.69, 9.17) is 0 Å². The number of nitrogens with zero attached hydrogens (tertiary/aromatic N) is 2. The Labute approximate surface area is 88.6 Å². The molecule has 1 heterocycles. The molecule has 0 saturated carbocycles. The maximum absolute atomic E-state index is 2.53. The van der Waals surface area contributed by atoms with Crippen molar-refractivity contribution in [3.63, 3.8) is 0 Å². The maximum atomic E-state index is 2.53. The van der Waals surface area contributed by atoms with E-state index < -0.39 is 0 Å². The standard InChI is InChI=1S/C12H24N2/c1-3-5-8-13-10-7-11-14(12-13)9-6-4-2/h7,10H,3-6,8-9,11-12H2,1-2H3. The SMILES string of the molecule is CCCCN1C=CCN(CCCC)C1. The predicted octanol–water partition coefficient (Wildman–Crippen LogP) is 2.68. The summed E-state index contributed by atoms with van der Waals surface area (Å²) >= 11 is 0. The zero-order chi connectivity index (χ0) is 10.2. The van der Waals surface area contributed by atoms with Gasteiger partial charge in [-0.2, -0.15) is 0 Å². The van der Waals surface area contributed by atoms with Crippen molar-refractivity contribution in [2.75, 3.05) is 26.3 Å². The molecule has 0 atom stereocenters. The molecule has 2 nitrogen and oxygen atoms in total. The third-order valence-corrected chi connectivity index (χ3v) is 2.69. The third-order valence-electron chi connectivity index (χ3n) is 2.69. The van der Waals surface area contributed by atoms with Crippen LogP contribution in [0.5, 0.6) is 0 Å². The first-order chi connectivity index (χ1) is 6.86. The fourth-order valence-corrected chi connectivity index (χ4v) is 1.76. The van der Waals surface area contributed by atoms with E-state index in [-0.39, 0.29) is 0 Å². The van der Waals surface area contributed by atoms with Crippen molar-refractivity contribution in [2.24, 2.45) is 0 Å². The van der Waals surface area contributed by atoms with E-state index in [1.54, 1.807) is 0 Å². The predicted molar refractivity (Wildman–Crippen MR) is 62.1 cm³/mol. The Morgan fingerprint density at radius 1 is 1.07 bits per heavy atom. The van der Waals surface area contributed by atoms with Gasteiger partial charge in [0.15, 0.2) is 0 Å². The molecule has 0 bridgehead atoms. The first-order valence-corrected chi connectivity index (χ1v) is 6.00. The van der Waals surface area contributed by atoms with Crippen LogP contribution in [0.2, 0.25) is 0 Å². The highest BCUT2D eigenvalue weighted by Gasteiger charge is 2.10. The van der Waals surface area contributed by atoms with E-state index in [0.717, 1.165) is 13.2 Å². The lowest BCUT2D eigenvalue weighted by Crippen LogP contribution is -2.39. The van der Waals surface area contributed by atoms with Gasteiger partial charge in [-0.3, -0.25) is 4.90 Å². The van der Waals surface area contributed by atoms with E-state index in [0.29, 0.717) is 0 Å². The van der Waals surface area contributed by atoms with Crippen LogP contribution >= 0.6 is 0 Å². The van der Waals surface area contributed by atoms with Crippen molar-refractivity contribution in [1.82, 2.24) is 9.80 Å². The Morgan fingerprint density at radius 2 is 1.79 bits per heavy atom. The largest absolute Gasteiger partial charge is 0.365 e. The molecule has 0 aromatic carbocycles. The number of unbranched alkanes of at least 4 members (excludes halogenated alkanes) is 2. The van der Waals surface area contributed by atoms with Gasteiger partial charge in [-0.25, -0.2) is 0 Å². The van der Waals surface area contributed by atoms with Crippen LogP contribution in [0.4, 0.5) is 0 Å². The van der Waals surface area contributed by atoms with E-state index in [2.05, 4.69) is 35.9 Å². The van der Waals surface area contributed by atoms with Gasteiger partial charge in [0.05, 0.1) is 6.67 Å². The molecule has 2 heteroatoms. The molecule has 1 aliphatic rings. The van der Waals surface area contributed by atoms with Gasteiger partial charge in [0.2, 0.25) is 0 Å². The van der Waals surface area contributed by atoms with Crippen molar-refractivity contribution >= 4 is 0 Å². The highest BCUT2D eigenvalue weighted by molar-refractivity contribution is 4.90. The molecule has 0 radical (unpaired) electrons. The Morgan fingerprint density at radius 3 is 2.50 bits per heavy atom. The Kier molecular flexibility index (Phi) is 5.69. The first-order valence-electron chi connectivity index (χ1n) is 6.00. The van der Waals surface area contributed by atoms with Gasteiger partial charge in [-0.15, -0.1) is 0 Å². The van der Waals surface area contributed by atoms with Crippen LogP contribution in [0.3, 0.4) is 0 Å². The van der Waals surface area contributed by atoms with Crippen molar-refractivity contribution in [3.05, 3.63) is 12.3 Å². The normalized spacial score (nSPS) is 17.7. The molecule has 0 unspecified atom stereocenters. The van der Waals surface area contributed by atoms with Gasteiger partial charge < -0.3 is 4.90 Å². The highest BCUT2D eigenvalue weighted by atomic mass is 15.3. The van der Waals surface area contributed by atoms with Crippen LogP contribution in [-0.4, -0.2) is 36.1 Å². The molecular formula is C12H24N2. The van der Waals surface area contributed by atoms with Gasteiger partial charge in [0, 0.05) is 19.6 Å². The zero-order valence-electron chi connectivity index (χ0n) is 9.71. The Bertz CT molecular complexity index is 166. The smallest absolute Gasteiger partial charge is 0.0704 e. The monoisotopic (exact) mass is 196 g/mol. The summed E-state index contributed by atoms with van der Waals surface area (Å²) in [7, 11) is 0. The first kappa shape index (κ1) is 11.6. The molecule has 0 fully saturated rings. The molecule has 82 valence electrons. The summed E-state index contributed by atoms with van der Waals surface area (Å²) in [6, 6.07) is 0. The molecular weight excluding hydrogens is 172 g/mol. The molecule has 0 aromatic rings. The molecule has 0 spiro atoms. The Balaban J connectivity index is 2.21. The minimum absolute atomic E-state index is 1.14.